The van der Waals surface area contributed by atoms with Gasteiger partial charge in [0.25, 0.3) is 0 Å². The van der Waals surface area contributed by atoms with Crippen molar-refractivity contribution in [3.05, 3.63) is 32.7 Å². The maximum Gasteiger partial charge on any atom is 0.137 e. The average Bonchev–Trinajstić information content (AvgIpc) is 2.70. The number of halogens is 2. The number of thiazole rings is 1. The number of hydrogen-bond donors (Lipinski definition) is 1. The first-order chi connectivity index (χ1) is 8.15. The third-order valence-corrected chi connectivity index (χ3v) is 4.57. The van der Waals surface area contributed by atoms with Crippen LogP contribution in [-0.2, 0) is 6.54 Å². The Labute approximate surface area is 117 Å². The summed E-state index contributed by atoms with van der Waals surface area (Å²) in [6.07, 6.45) is 0. The number of rotatable bonds is 3. The van der Waals surface area contributed by atoms with E-state index < -0.39 is 0 Å². The van der Waals surface area contributed by atoms with Gasteiger partial charge in [-0.3, -0.25) is 0 Å². The van der Waals surface area contributed by atoms with Crippen molar-refractivity contribution >= 4 is 38.9 Å². The molecule has 0 radical (unpaired) electrons. The molecule has 0 aliphatic heterocycles. The molecule has 2 rings (SSSR count). The Kier molecular flexibility index (Phi) is 4.04. The van der Waals surface area contributed by atoms with Gasteiger partial charge in [-0.1, -0.05) is 11.6 Å². The standard InChI is InChI=1S/C11H10BrClN2OS/c1-16-8-3-2-6(4-7(8)13)11-15-10(12)9(5-14)17-11/h2-4H,5,14H2,1H3. The second-order valence-corrected chi connectivity index (χ2v) is 5.53. The smallest absolute Gasteiger partial charge is 0.137 e. The van der Waals surface area contributed by atoms with Crippen LogP contribution in [0.25, 0.3) is 10.6 Å². The van der Waals surface area contributed by atoms with E-state index in [-0.39, 0.29) is 0 Å². The second-order valence-electron chi connectivity index (χ2n) is 3.29. The third-order valence-electron chi connectivity index (χ3n) is 2.23. The molecule has 1 heterocycles. The molecule has 0 aliphatic rings. The molecule has 0 bridgehead atoms. The van der Waals surface area contributed by atoms with Crippen LogP contribution in [0.2, 0.25) is 5.02 Å². The summed E-state index contributed by atoms with van der Waals surface area (Å²) in [7, 11) is 1.59. The van der Waals surface area contributed by atoms with Crippen LogP contribution in [0.1, 0.15) is 4.88 Å². The molecule has 0 atom stereocenters. The Hall–Kier alpha value is -0.620. The van der Waals surface area contributed by atoms with Gasteiger partial charge in [-0.15, -0.1) is 11.3 Å². The summed E-state index contributed by atoms with van der Waals surface area (Å²) in [5, 5.41) is 1.47. The summed E-state index contributed by atoms with van der Waals surface area (Å²) in [5.41, 5.74) is 6.57. The Bertz CT molecular complexity index is 544. The number of nitrogens with two attached hydrogens (primary N) is 1. The molecule has 0 spiro atoms. The molecule has 17 heavy (non-hydrogen) atoms. The van der Waals surface area contributed by atoms with Crippen molar-refractivity contribution in [2.24, 2.45) is 5.73 Å². The summed E-state index contributed by atoms with van der Waals surface area (Å²) in [4.78, 5) is 5.42. The highest BCUT2D eigenvalue weighted by Crippen LogP contribution is 2.34. The van der Waals surface area contributed by atoms with Crippen LogP contribution in [0.4, 0.5) is 0 Å². The number of nitrogens with zero attached hydrogens (tertiary/aromatic N) is 1. The molecule has 0 aliphatic carbocycles. The highest BCUT2D eigenvalue weighted by Gasteiger charge is 2.11. The zero-order valence-electron chi connectivity index (χ0n) is 9.04. The number of hydrogen-bond acceptors (Lipinski definition) is 4. The van der Waals surface area contributed by atoms with Crippen molar-refractivity contribution in [1.82, 2.24) is 4.98 Å². The first kappa shape index (κ1) is 12.8. The van der Waals surface area contributed by atoms with Crippen LogP contribution in [0.15, 0.2) is 22.8 Å². The molecule has 3 nitrogen and oxygen atoms in total. The molecule has 0 amide bonds. The minimum atomic E-state index is 0.474. The van der Waals surface area contributed by atoms with Crippen LogP contribution in [0, 0.1) is 0 Å². The van der Waals surface area contributed by atoms with Gasteiger partial charge < -0.3 is 10.5 Å². The third kappa shape index (κ3) is 2.63. The lowest BCUT2D eigenvalue weighted by Gasteiger charge is -2.03. The van der Waals surface area contributed by atoms with E-state index in [0.29, 0.717) is 17.3 Å². The summed E-state index contributed by atoms with van der Waals surface area (Å²) in [6.45, 7) is 0.474. The Morgan fingerprint density at radius 3 is 2.82 bits per heavy atom. The molecule has 90 valence electrons. The van der Waals surface area contributed by atoms with Crippen molar-refractivity contribution < 1.29 is 4.74 Å². The van der Waals surface area contributed by atoms with Crippen LogP contribution in [-0.4, -0.2) is 12.1 Å². The number of aromatic nitrogens is 1. The number of benzene rings is 1. The number of ether oxygens (including phenoxy) is 1. The second kappa shape index (κ2) is 5.35. The predicted molar refractivity (Wildman–Crippen MR) is 74.7 cm³/mol. The van der Waals surface area contributed by atoms with Crippen molar-refractivity contribution in [2.45, 2.75) is 6.54 Å². The lowest BCUT2D eigenvalue weighted by molar-refractivity contribution is 0.415. The van der Waals surface area contributed by atoms with Gasteiger partial charge in [0, 0.05) is 12.1 Å². The molecule has 6 heteroatoms. The predicted octanol–water partition coefficient (Wildman–Crippen LogP) is 3.69. The van der Waals surface area contributed by atoms with Gasteiger partial charge in [0.05, 0.1) is 17.0 Å². The van der Waals surface area contributed by atoms with E-state index in [9.17, 15) is 0 Å². The summed E-state index contributed by atoms with van der Waals surface area (Å²) < 4.78 is 5.91. The SMILES string of the molecule is COc1ccc(-c2nc(Br)c(CN)s2)cc1Cl. The van der Waals surface area contributed by atoms with E-state index in [4.69, 9.17) is 22.1 Å². The van der Waals surface area contributed by atoms with Gasteiger partial charge in [-0.05, 0) is 34.1 Å². The maximum absolute atomic E-state index is 6.08. The molecule has 2 aromatic rings. The molecule has 1 aromatic carbocycles. The quantitative estimate of drug-likeness (QED) is 0.932. The Balaban J connectivity index is 2.42. The van der Waals surface area contributed by atoms with E-state index in [2.05, 4.69) is 20.9 Å². The minimum absolute atomic E-state index is 0.474. The zero-order chi connectivity index (χ0) is 12.4. The summed E-state index contributed by atoms with van der Waals surface area (Å²) in [6, 6.07) is 5.59. The first-order valence-electron chi connectivity index (χ1n) is 4.85. The molecule has 2 N–H and O–H groups in total. The van der Waals surface area contributed by atoms with Gasteiger partial charge in [-0.25, -0.2) is 4.98 Å². The van der Waals surface area contributed by atoms with E-state index in [0.717, 1.165) is 20.1 Å². The fourth-order valence-corrected chi connectivity index (χ4v) is 3.17. The molecule has 0 unspecified atom stereocenters. The molecule has 0 fully saturated rings. The summed E-state index contributed by atoms with van der Waals surface area (Å²) >= 11 is 11.0. The van der Waals surface area contributed by atoms with Gasteiger partial charge in [0.1, 0.15) is 15.4 Å². The molecular formula is C11H10BrClN2OS. The van der Waals surface area contributed by atoms with Gasteiger partial charge >= 0.3 is 0 Å². The Morgan fingerprint density at radius 2 is 2.29 bits per heavy atom. The molecule has 0 saturated heterocycles. The van der Waals surface area contributed by atoms with Crippen molar-refractivity contribution in [3.8, 4) is 16.3 Å². The van der Waals surface area contributed by atoms with Gasteiger partial charge in [-0.2, -0.15) is 0 Å². The van der Waals surface area contributed by atoms with E-state index in [1.165, 1.54) is 0 Å². The maximum atomic E-state index is 6.08. The van der Waals surface area contributed by atoms with E-state index >= 15 is 0 Å². The molecule has 0 saturated carbocycles. The van der Waals surface area contributed by atoms with Crippen molar-refractivity contribution in [2.75, 3.05) is 7.11 Å². The highest BCUT2D eigenvalue weighted by molar-refractivity contribution is 9.10. The van der Waals surface area contributed by atoms with Crippen molar-refractivity contribution in [3.63, 3.8) is 0 Å². The number of methoxy groups -OCH3 is 1. The van der Waals surface area contributed by atoms with Crippen LogP contribution < -0.4 is 10.5 Å². The van der Waals surface area contributed by atoms with Crippen LogP contribution in [0.3, 0.4) is 0 Å². The van der Waals surface area contributed by atoms with E-state index in [1.54, 1.807) is 18.4 Å². The fraction of sp³-hybridized carbons (Fsp3) is 0.182. The van der Waals surface area contributed by atoms with Crippen LogP contribution in [0.5, 0.6) is 5.75 Å². The summed E-state index contributed by atoms with van der Waals surface area (Å²) in [5.74, 6) is 0.657. The minimum Gasteiger partial charge on any atom is -0.495 e. The lowest BCUT2D eigenvalue weighted by atomic mass is 10.2. The van der Waals surface area contributed by atoms with E-state index in [1.807, 2.05) is 18.2 Å². The molecular weight excluding hydrogens is 324 g/mol. The average molecular weight is 334 g/mol. The highest BCUT2D eigenvalue weighted by atomic mass is 79.9. The van der Waals surface area contributed by atoms with Gasteiger partial charge in [0.2, 0.25) is 0 Å². The van der Waals surface area contributed by atoms with Gasteiger partial charge in [0.15, 0.2) is 0 Å². The lowest BCUT2D eigenvalue weighted by Crippen LogP contribution is -1.92. The van der Waals surface area contributed by atoms with Crippen molar-refractivity contribution in [1.29, 1.82) is 0 Å². The monoisotopic (exact) mass is 332 g/mol. The molecule has 1 aromatic heterocycles. The van der Waals surface area contributed by atoms with Crippen LogP contribution >= 0.6 is 38.9 Å². The zero-order valence-corrected chi connectivity index (χ0v) is 12.2. The largest absolute Gasteiger partial charge is 0.495 e. The normalized spacial score (nSPS) is 10.6. The fourth-order valence-electron chi connectivity index (χ4n) is 1.38. The topological polar surface area (TPSA) is 48.1 Å². The Morgan fingerprint density at radius 1 is 1.53 bits per heavy atom. The first-order valence-corrected chi connectivity index (χ1v) is 6.83.